The summed E-state index contributed by atoms with van der Waals surface area (Å²) in [5.74, 6) is -0.551. The highest BCUT2D eigenvalue weighted by Gasteiger charge is 2.21. The highest BCUT2D eigenvalue weighted by molar-refractivity contribution is 5.95. The van der Waals surface area contributed by atoms with E-state index in [0.717, 1.165) is 13.1 Å². The maximum atomic E-state index is 12.1. The van der Waals surface area contributed by atoms with Gasteiger partial charge >= 0.3 is 0 Å². The minimum absolute atomic E-state index is 0.0207. The van der Waals surface area contributed by atoms with E-state index in [1.54, 1.807) is 11.0 Å². The van der Waals surface area contributed by atoms with Crippen LogP contribution in [0, 0.1) is 0 Å². The molecule has 2 heterocycles. The van der Waals surface area contributed by atoms with Crippen molar-refractivity contribution in [2.45, 2.75) is 0 Å². The summed E-state index contributed by atoms with van der Waals surface area (Å²) in [7, 11) is 1.52. The molecule has 7 heteroatoms. The Balaban J connectivity index is 1.99. The summed E-state index contributed by atoms with van der Waals surface area (Å²) >= 11 is 0. The lowest BCUT2D eigenvalue weighted by atomic mass is 10.2. The average molecular weight is 278 g/mol. The maximum Gasteiger partial charge on any atom is 0.260 e. The van der Waals surface area contributed by atoms with Crippen LogP contribution in [-0.4, -0.2) is 66.4 Å². The highest BCUT2D eigenvalue weighted by Crippen LogP contribution is 2.00. The smallest absolute Gasteiger partial charge is 0.260 e. The molecule has 2 amide bonds. The predicted octanol–water partition coefficient (Wildman–Crippen LogP) is -1.12. The van der Waals surface area contributed by atoms with Crippen LogP contribution in [0.3, 0.4) is 0 Å². The molecule has 0 aromatic carbocycles. The van der Waals surface area contributed by atoms with Crippen LogP contribution in [0.5, 0.6) is 0 Å². The van der Waals surface area contributed by atoms with E-state index in [1.807, 2.05) is 0 Å². The van der Waals surface area contributed by atoms with E-state index < -0.39 is 11.5 Å². The van der Waals surface area contributed by atoms with Gasteiger partial charge in [-0.3, -0.25) is 14.4 Å². The number of carbonyl (C=O) groups excluding carboxylic acids is 2. The van der Waals surface area contributed by atoms with Crippen molar-refractivity contribution in [2.75, 3.05) is 39.8 Å². The third kappa shape index (κ3) is 3.24. The number of rotatable bonds is 3. The number of H-pyrrole nitrogens is 1. The molecular formula is C13H18N4O3. The van der Waals surface area contributed by atoms with E-state index in [4.69, 9.17) is 0 Å². The Morgan fingerprint density at radius 2 is 2.05 bits per heavy atom. The molecule has 1 aliphatic rings. The van der Waals surface area contributed by atoms with Gasteiger partial charge in [0.25, 0.3) is 11.5 Å². The molecule has 0 saturated carbocycles. The van der Waals surface area contributed by atoms with Crippen LogP contribution in [-0.2, 0) is 4.79 Å². The number of piperazine rings is 1. The molecular weight excluding hydrogens is 260 g/mol. The molecule has 1 aromatic heterocycles. The minimum atomic E-state index is -0.449. The van der Waals surface area contributed by atoms with Gasteiger partial charge in [0, 0.05) is 39.4 Å². The number of amides is 2. The Hall–Kier alpha value is -2.15. The quantitative estimate of drug-likeness (QED) is 0.733. The Labute approximate surface area is 116 Å². The van der Waals surface area contributed by atoms with Crippen molar-refractivity contribution in [3.05, 3.63) is 34.2 Å². The molecule has 2 rings (SSSR count). The van der Waals surface area contributed by atoms with Gasteiger partial charge in [-0.25, -0.2) is 0 Å². The first-order valence-corrected chi connectivity index (χ1v) is 6.51. The zero-order chi connectivity index (χ0) is 14.5. The number of nitrogens with zero attached hydrogens (tertiary/aromatic N) is 2. The number of carbonyl (C=O) groups is 2. The molecule has 20 heavy (non-hydrogen) atoms. The zero-order valence-corrected chi connectivity index (χ0v) is 11.4. The maximum absolute atomic E-state index is 12.1. The first kappa shape index (κ1) is 14.3. The molecule has 0 bridgehead atoms. The summed E-state index contributed by atoms with van der Waals surface area (Å²) in [4.78, 5) is 41.1. The van der Waals surface area contributed by atoms with Gasteiger partial charge in [0.05, 0.1) is 6.54 Å². The second kappa shape index (κ2) is 6.33. The largest absolute Gasteiger partial charge is 0.339 e. The van der Waals surface area contributed by atoms with Crippen LogP contribution >= 0.6 is 0 Å². The molecule has 1 aliphatic heterocycles. The second-order valence-electron chi connectivity index (χ2n) is 4.70. The van der Waals surface area contributed by atoms with Gasteiger partial charge in [0.2, 0.25) is 5.91 Å². The molecule has 7 nitrogen and oxygen atoms in total. The number of hydrogen-bond acceptors (Lipinski definition) is 4. The lowest BCUT2D eigenvalue weighted by Crippen LogP contribution is -2.50. The van der Waals surface area contributed by atoms with Crippen molar-refractivity contribution in [1.29, 1.82) is 0 Å². The Morgan fingerprint density at radius 3 is 2.70 bits per heavy atom. The fourth-order valence-corrected chi connectivity index (χ4v) is 2.08. The van der Waals surface area contributed by atoms with Gasteiger partial charge in [-0.15, -0.1) is 0 Å². The minimum Gasteiger partial charge on any atom is -0.339 e. The van der Waals surface area contributed by atoms with E-state index in [2.05, 4.69) is 10.3 Å². The van der Waals surface area contributed by atoms with Gasteiger partial charge in [0.1, 0.15) is 5.56 Å². The van der Waals surface area contributed by atoms with Crippen LogP contribution in [0.2, 0.25) is 0 Å². The molecule has 2 N–H and O–H groups in total. The second-order valence-corrected chi connectivity index (χ2v) is 4.70. The monoisotopic (exact) mass is 278 g/mol. The number of aromatic nitrogens is 1. The third-order valence-corrected chi connectivity index (χ3v) is 3.24. The Morgan fingerprint density at radius 1 is 1.35 bits per heavy atom. The first-order valence-electron chi connectivity index (χ1n) is 6.51. The number of aromatic amines is 1. The van der Waals surface area contributed by atoms with E-state index in [1.165, 1.54) is 24.2 Å². The molecule has 0 spiro atoms. The van der Waals surface area contributed by atoms with Gasteiger partial charge in [-0.2, -0.15) is 0 Å². The number of nitrogens with one attached hydrogen (secondary N) is 2. The summed E-state index contributed by atoms with van der Waals surface area (Å²) in [5.41, 5.74) is -0.401. The SMILES string of the molecule is CN(CC(=O)N1CCNCC1)C(=O)c1ccc[nH]c1=O. The van der Waals surface area contributed by atoms with Crippen LogP contribution in [0.15, 0.2) is 23.1 Å². The van der Waals surface area contributed by atoms with Crippen molar-refractivity contribution in [3.63, 3.8) is 0 Å². The van der Waals surface area contributed by atoms with E-state index in [9.17, 15) is 14.4 Å². The van der Waals surface area contributed by atoms with Crippen LogP contribution < -0.4 is 10.9 Å². The van der Waals surface area contributed by atoms with Gasteiger partial charge < -0.3 is 20.1 Å². The number of hydrogen-bond donors (Lipinski definition) is 2. The highest BCUT2D eigenvalue weighted by atomic mass is 16.2. The topological polar surface area (TPSA) is 85.5 Å². The van der Waals surface area contributed by atoms with Crippen LogP contribution in [0.4, 0.5) is 0 Å². The van der Waals surface area contributed by atoms with Crippen LogP contribution in [0.25, 0.3) is 0 Å². The lowest BCUT2D eigenvalue weighted by Gasteiger charge is -2.29. The van der Waals surface area contributed by atoms with Gasteiger partial charge in [-0.1, -0.05) is 0 Å². The number of likely N-dealkylation sites (N-methyl/N-ethyl adjacent to an activating group) is 1. The average Bonchev–Trinajstić information content (AvgIpc) is 2.48. The van der Waals surface area contributed by atoms with E-state index in [0.29, 0.717) is 13.1 Å². The summed E-state index contributed by atoms with van der Waals surface area (Å²) in [6.45, 7) is 2.80. The molecule has 1 saturated heterocycles. The molecule has 0 aliphatic carbocycles. The third-order valence-electron chi connectivity index (χ3n) is 3.24. The van der Waals surface area contributed by atoms with Gasteiger partial charge in [0.15, 0.2) is 0 Å². The van der Waals surface area contributed by atoms with Crippen molar-refractivity contribution in [1.82, 2.24) is 20.1 Å². The van der Waals surface area contributed by atoms with Gasteiger partial charge in [-0.05, 0) is 12.1 Å². The molecule has 1 aromatic rings. The van der Waals surface area contributed by atoms with Crippen molar-refractivity contribution < 1.29 is 9.59 Å². The Kier molecular flexibility index (Phi) is 4.52. The first-order chi connectivity index (χ1) is 9.59. The number of pyridine rings is 1. The lowest BCUT2D eigenvalue weighted by molar-refractivity contribution is -0.132. The standard InChI is InChI=1S/C13H18N4O3/c1-16(9-11(18)17-7-5-14-6-8-17)13(20)10-3-2-4-15-12(10)19/h2-4,14H,5-9H2,1H3,(H,15,19). The van der Waals surface area contributed by atoms with Crippen molar-refractivity contribution in [2.24, 2.45) is 0 Å². The molecule has 0 unspecified atom stereocenters. The summed E-state index contributed by atoms with van der Waals surface area (Å²) in [6.07, 6.45) is 1.46. The van der Waals surface area contributed by atoms with Crippen molar-refractivity contribution in [3.8, 4) is 0 Å². The van der Waals surface area contributed by atoms with E-state index >= 15 is 0 Å². The predicted molar refractivity (Wildman–Crippen MR) is 73.5 cm³/mol. The summed E-state index contributed by atoms with van der Waals surface area (Å²) in [5, 5.41) is 3.16. The normalized spacial score (nSPS) is 14.9. The van der Waals surface area contributed by atoms with E-state index in [-0.39, 0.29) is 18.0 Å². The fraction of sp³-hybridized carbons (Fsp3) is 0.462. The summed E-state index contributed by atoms with van der Waals surface area (Å²) < 4.78 is 0. The Bertz CT molecular complexity index is 549. The van der Waals surface area contributed by atoms with Crippen LogP contribution in [0.1, 0.15) is 10.4 Å². The summed E-state index contributed by atoms with van der Waals surface area (Å²) in [6, 6.07) is 3.04. The molecule has 108 valence electrons. The fourth-order valence-electron chi connectivity index (χ4n) is 2.08. The molecule has 0 atom stereocenters. The zero-order valence-electron chi connectivity index (χ0n) is 11.4. The van der Waals surface area contributed by atoms with Crippen molar-refractivity contribution >= 4 is 11.8 Å². The molecule has 1 fully saturated rings. The molecule has 0 radical (unpaired) electrons.